The molecule has 1 unspecified atom stereocenters. The van der Waals surface area contributed by atoms with Gasteiger partial charge in [-0.05, 0) is 57.8 Å². The van der Waals surface area contributed by atoms with Crippen molar-refractivity contribution in [1.82, 2.24) is 9.80 Å². The van der Waals surface area contributed by atoms with Crippen molar-refractivity contribution >= 4 is 17.2 Å². The molecule has 0 aromatic carbocycles. The van der Waals surface area contributed by atoms with Crippen LogP contribution in [0, 0.1) is 13.8 Å². The van der Waals surface area contributed by atoms with Crippen molar-refractivity contribution in [3.8, 4) is 0 Å². The summed E-state index contributed by atoms with van der Waals surface area (Å²) in [6.07, 6.45) is 3.28. The van der Waals surface area contributed by atoms with Crippen molar-refractivity contribution in [3.63, 3.8) is 0 Å². The number of nitrogens with two attached hydrogens (primary N) is 1. The maximum absolute atomic E-state index is 12.6. The lowest BCUT2D eigenvalue weighted by atomic mass is 10.0. The fraction of sp³-hybridized carbons (Fsp3) is 0.688. The Morgan fingerprint density at radius 1 is 1.24 bits per heavy atom. The topological polar surface area (TPSA) is 49.6 Å². The van der Waals surface area contributed by atoms with Gasteiger partial charge in [-0.15, -0.1) is 11.3 Å². The molecule has 1 atom stereocenters. The van der Waals surface area contributed by atoms with Gasteiger partial charge in [-0.3, -0.25) is 9.69 Å². The summed E-state index contributed by atoms with van der Waals surface area (Å²) in [4.78, 5) is 19.3. The van der Waals surface area contributed by atoms with Gasteiger partial charge in [0, 0.05) is 30.1 Å². The van der Waals surface area contributed by atoms with Crippen LogP contribution in [0.25, 0.3) is 0 Å². The van der Waals surface area contributed by atoms with Crippen molar-refractivity contribution < 1.29 is 4.79 Å². The van der Waals surface area contributed by atoms with Crippen LogP contribution >= 0.6 is 11.3 Å². The summed E-state index contributed by atoms with van der Waals surface area (Å²) < 4.78 is 0. The number of hydrogen-bond donors (Lipinski definition) is 1. The fourth-order valence-electron chi connectivity index (χ4n) is 3.34. The number of carbonyl (C=O) groups is 1. The SMILES string of the molecule is Cc1cc(C(=O)N2CCC(N3CCC(N)CC3)C2)sc1C. The molecule has 3 heterocycles. The van der Waals surface area contributed by atoms with Crippen LogP contribution in [0.2, 0.25) is 0 Å². The van der Waals surface area contributed by atoms with E-state index in [2.05, 4.69) is 18.7 Å². The van der Waals surface area contributed by atoms with E-state index in [1.54, 1.807) is 11.3 Å². The Morgan fingerprint density at radius 3 is 2.57 bits per heavy atom. The molecule has 4 nitrogen and oxygen atoms in total. The second-order valence-corrected chi connectivity index (χ2v) is 7.67. The van der Waals surface area contributed by atoms with Gasteiger partial charge in [-0.1, -0.05) is 0 Å². The third-order valence-corrected chi connectivity index (χ3v) is 6.06. The van der Waals surface area contributed by atoms with Gasteiger partial charge in [0.05, 0.1) is 4.88 Å². The summed E-state index contributed by atoms with van der Waals surface area (Å²) in [7, 11) is 0. The molecule has 0 bridgehead atoms. The van der Waals surface area contributed by atoms with Crippen molar-refractivity contribution in [2.24, 2.45) is 5.73 Å². The Morgan fingerprint density at radius 2 is 1.95 bits per heavy atom. The van der Waals surface area contributed by atoms with Gasteiger partial charge in [0.25, 0.3) is 5.91 Å². The first kappa shape index (κ1) is 15.0. The minimum absolute atomic E-state index is 0.215. The average Bonchev–Trinajstić information content (AvgIpc) is 3.07. The van der Waals surface area contributed by atoms with Gasteiger partial charge >= 0.3 is 0 Å². The van der Waals surface area contributed by atoms with Gasteiger partial charge in [0.1, 0.15) is 0 Å². The van der Waals surface area contributed by atoms with Gasteiger partial charge in [-0.25, -0.2) is 0 Å². The highest BCUT2D eigenvalue weighted by molar-refractivity contribution is 7.14. The zero-order valence-corrected chi connectivity index (χ0v) is 13.8. The van der Waals surface area contributed by atoms with E-state index in [1.807, 2.05) is 11.0 Å². The molecule has 0 aliphatic carbocycles. The molecule has 116 valence electrons. The predicted octanol–water partition coefficient (Wildman–Crippen LogP) is 2.00. The Bertz CT molecular complexity index is 500. The molecular weight excluding hydrogens is 282 g/mol. The first-order valence-electron chi connectivity index (χ1n) is 7.90. The van der Waals surface area contributed by atoms with Crippen molar-refractivity contribution in [3.05, 3.63) is 21.4 Å². The zero-order valence-electron chi connectivity index (χ0n) is 13.0. The van der Waals surface area contributed by atoms with Crippen LogP contribution in [0.1, 0.15) is 39.4 Å². The van der Waals surface area contributed by atoms with Crippen LogP contribution in [0.3, 0.4) is 0 Å². The monoisotopic (exact) mass is 307 g/mol. The number of aryl methyl sites for hydroxylation is 2. The molecule has 0 radical (unpaired) electrons. The molecule has 0 saturated carbocycles. The maximum Gasteiger partial charge on any atom is 0.263 e. The molecule has 5 heteroatoms. The second kappa shape index (κ2) is 6.07. The maximum atomic E-state index is 12.6. The molecule has 2 N–H and O–H groups in total. The molecule has 1 aromatic heterocycles. The van der Waals surface area contributed by atoms with E-state index < -0.39 is 0 Å². The normalized spacial score (nSPS) is 24.7. The quantitative estimate of drug-likeness (QED) is 0.909. The van der Waals surface area contributed by atoms with Crippen LogP contribution in [-0.2, 0) is 0 Å². The molecule has 1 amide bonds. The summed E-state index contributed by atoms with van der Waals surface area (Å²) in [6, 6.07) is 2.94. The largest absolute Gasteiger partial charge is 0.336 e. The average molecular weight is 307 g/mol. The first-order valence-corrected chi connectivity index (χ1v) is 8.72. The number of thiophene rings is 1. The van der Waals surface area contributed by atoms with Crippen LogP contribution < -0.4 is 5.73 Å². The number of rotatable bonds is 2. The van der Waals surface area contributed by atoms with E-state index in [9.17, 15) is 4.79 Å². The lowest BCUT2D eigenvalue weighted by molar-refractivity contribution is 0.0774. The lowest BCUT2D eigenvalue weighted by Gasteiger charge is -2.34. The summed E-state index contributed by atoms with van der Waals surface area (Å²) in [5.74, 6) is 0.215. The highest BCUT2D eigenvalue weighted by Crippen LogP contribution is 2.25. The van der Waals surface area contributed by atoms with E-state index in [-0.39, 0.29) is 5.91 Å². The van der Waals surface area contributed by atoms with Crippen LogP contribution in [0.5, 0.6) is 0 Å². The number of hydrogen-bond acceptors (Lipinski definition) is 4. The fourth-order valence-corrected chi connectivity index (χ4v) is 4.35. The smallest absolute Gasteiger partial charge is 0.263 e. The minimum Gasteiger partial charge on any atom is -0.336 e. The van der Waals surface area contributed by atoms with E-state index in [1.165, 1.54) is 10.4 Å². The van der Waals surface area contributed by atoms with E-state index in [0.29, 0.717) is 12.1 Å². The molecule has 2 aliphatic rings. The van der Waals surface area contributed by atoms with Gasteiger partial charge in [0.15, 0.2) is 0 Å². The summed E-state index contributed by atoms with van der Waals surface area (Å²) >= 11 is 1.63. The summed E-state index contributed by atoms with van der Waals surface area (Å²) in [5.41, 5.74) is 7.20. The molecule has 3 rings (SSSR count). The molecule has 21 heavy (non-hydrogen) atoms. The Labute approximate surface area is 130 Å². The number of nitrogens with zero attached hydrogens (tertiary/aromatic N) is 2. The summed E-state index contributed by atoms with van der Waals surface area (Å²) in [5, 5.41) is 0. The van der Waals surface area contributed by atoms with E-state index in [0.717, 1.165) is 50.3 Å². The van der Waals surface area contributed by atoms with Gasteiger partial charge < -0.3 is 10.6 Å². The second-order valence-electron chi connectivity index (χ2n) is 6.42. The van der Waals surface area contributed by atoms with Crippen LogP contribution in [0.15, 0.2) is 6.07 Å². The minimum atomic E-state index is 0.215. The van der Waals surface area contributed by atoms with Crippen molar-refractivity contribution in [1.29, 1.82) is 0 Å². The standard InChI is InChI=1S/C16H25N3OS/c1-11-9-15(21-12(11)2)16(20)19-8-5-14(10-19)18-6-3-13(17)4-7-18/h9,13-14H,3-8,10,17H2,1-2H3. The predicted molar refractivity (Wildman–Crippen MR) is 86.9 cm³/mol. The third-order valence-electron chi connectivity index (χ3n) is 4.92. The van der Waals surface area contributed by atoms with Gasteiger partial charge in [0.2, 0.25) is 0 Å². The Hall–Kier alpha value is -0.910. The first-order chi connectivity index (χ1) is 10.0. The highest BCUT2D eigenvalue weighted by atomic mass is 32.1. The highest BCUT2D eigenvalue weighted by Gasteiger charge is 2.32. The van der Waals surface area contributed by atoms with Crippen molar-refractivity contribution in [2.75, 3.05) is 26.2 Å². The third kappa shape index (κ3) is 3.15. The molecule has 2 aliphatic heterocycles. The number of likely N-dealkylation sites (tertiary alicyclic amines) is 2. The van der Waals surface area contributed by atoms with Gasteiger partial charge in [-0.2, -0.15) is 0 Å². The molecule has 2 saturated heterocycles. The van der Waals surface area contributed by atoms with Crippen LogP contribution in [0.4, 0.5) is 0 Å². The molecule has 0 spiro atoms. The van der Waals surface area contributed by atoms with Crippen LogP contribution in [-0.4, -0.2) is 54.0 Å². The molecule has 1 aromatic rings. The Balaban J connectivity index is 1.60. The van der Waals surface area contributed by atoms with E-state index in [4.69, 9.17) is 5.73 Å². The van der Waals surface area contributed by atoms with Crippen molar-refractivity contribution in [2.45, 2.75) is 45.2 Å². The van der Waals surface area contributed by atoms with E-state index >= 15 is 0 Å². The zero-order chi connectivity index (χ0) is 15.0. The molecular formula is C16H25N3OS. The number of piperidine rings is 1. The molecule has 2 fully saturated rings. The number of amides is 1. The lowest BCUT2D eigenvalue weighted by Crippen LogP contribution is -2.46. The Kier molecular flexibility index (Phi) is 4.33. The number of carbonyl (C=O) groups excluding carboxylic acids is 1. The summed E-state index contributed by atoms with van der Waals surface area (Å²) in [6.45, 7) is 8.11.